The number of nitrogens with two attached hydrogens (primary N) is 1. The maximum atomic E-state index is 11.2. The molecular formula is C11H26Cl2N2O2. The van der Waals surface area contributed by atoms with Crippen molar-refractivity contribution in [3.8, 4) is 0 Å². The summed E-state index contributed by atoms with van der Waals surface area (Å²) in [5.41, 5.74) is 4.96. The molecule has 17 heavy (non-hydrogen) atoms. The number of unbranched alkanes of at least 4 members (excludes halogenated alkanes) is 3. The molecule has 106 valence electrons. The molecular weight excluding hydrogens is 263 g/mol. The topological polar surface area (TPSA) is 64.3 Å². The second-order valence-electron chi connectivity index (χ2n) is 4.63. The molecule has 0 aliphatic carbocycles. The number of carbonyl (C=O) groups is 1. The maximum absolute atomic E-state index is 11.2. The van der Waals surface area contributed by atoms with Crippen LogP contribution in [0.4, 0.5) is 4.79 Å². The lowest BCUT2D eigenvalue weighted by molar-refractivity contribution is 0.0527. The third kappa shape index (κ3) is 18.4. The molecule has 0 aromatic rings. The molecule has 0 aromatic carbocycles. The summed E-state index contributed by atoms with van der Waals surface area (Å²) in [5, 5.41) is 2.72. The molecule has 0 atom stereocenters. The zero-order valence-electron chi connectivity index (χ0n) is 11.0. The zero-order chi connectivity index (χ0) is 11.7. The minimum atomic E-state index is -0.413. The number of carbonyl (C=O) groups excluding carboxylic acids is 1. The molecule has 3 N–H and O–H groups in total. The van der Waals surface area contributed by atoms with Crippen LogP contribution in [0.2, 0.25) is 0 Å². The van der Waals surface area contributed by atoms with Crippen LogP contribution >= 0.6 is 24.8 Å². The summed E-state index contributed by atoms with van der Waals surface area (Å²) >= 11 is 0. The summed E-state index contributed by atoms with van der Waals surface area (Å²) in [5.74, 6) is 0. The molecule has 0 radical (unpaired) electrons. The Morgan fingerprint density at radius 2 is 1.65 bits per heavy atom. The molecule has 0 saturated heterocycles. The van der Waals surface area contributed by atoms with Gasteiger partial charge in [0.15, 0.2) is 0 Å². The van der Waals surface area contributed by atoms with E-state index in [0.717, 1.165) is 32.2 Å². The summed E-state index contributed by atoms with van der Waals surface area (Å²) in [6, 6.07) is 0. The van der Waals surface area contributed by atoms with E-state index in [1.165, 1.54) is 0 Å². The highest BCUT2D eigenvalue weighted by Crippen LogP contribution is 2.06. The number of hydrogen-bond acceptors (Lipinski definition) is 3. The Labute approximate surface area is 117 Å². The van der Waals surface area contributed by atoms with Crippen LogP contribution in [0.25, 0.3) is 0 Å². The Kier molecular flexibility index (Phi) is 15.9. The van der Waals surface area contributed by atoms with Crippen LogP contribution in [0.1, 0.15) is 46.5 Å². The Bertz CT molecular complexity index is 185. The van der Waals surface area contributed by atoms with E-state index in [1.54, 1.807) is 0 Å². The van der Waals surface area contributed by atoms with Crippen LogP contribution in [0, 0.1) is 0 Å². The lowest BCUT2D eigenvalue weighted by Gasteiger charge is -2.19. The monoisotopic (exact) mass is 288 g/mol. The van der Waals surface area contributed by atoms with Crippen molar-refractivity contribution in [3.63, 3.8) is 0 Å². The average molecular weight is 289 g/mol. The first-order valence-electron chi connectivity index (χ1n) is 5.62. The fraction of sp³-hybridized carbons (Fsp3) is 0.909. The van der Waals surface area contributed by atoms with Crippen molar-refractivity contribution in [1.82, 2.24) is 5.32 Å². The Morgan fingerprint density at radius 3 is 2.12 bits per heavy atom. The van der Waals surface area contributed by atoms with Gasteiger partial charge in [-0.2, -0.15) is 0 Å². The molecule has 4 nitrogen and oxygen atoms in total. The van der Waals surface area contributed by atoms with Gasteiger partial charge in [-0.05, 0) is 40.2 Å². The van der Waals surface area contributed by atoms with Crippen molar-refractivity contribution in [3.05, 3.63) is 0 Å². The smallest absolute Gasteiger partial charge is 0.407 e. The van der Waals surface area contributed by atoms with Crippen LogP contribution < -0.4 is 11.1 Å². The van der Waals surface area contributed by atoms with Gasteiger partial charge in [0.05, 0.1) is 0 Å². The van der Waals surface area contributed by atoms with Crippen LogP contribution in [0.5, 0.6) is 0 Å². The number of ether oxygens (including phenoxy) is 1. The quantitative estimate of drug-likeness (QED) is 0.739. The molecule has 0 aliphatic rings. The van der Waals surface area contributed by atoms with E-state index >= 15 is 0 Å². The highest BCUT2D eigenvalue weighted by Gasteiger charge is 2.15. The second kappa shape index (κ2) is 12.3. The van der Waals surface area contributed by atoms with Gasteiger partial charge >= 0.3 is 6.09 Å². The first kappa shape index (κ1) is 22.0. The Morgan fingerprint density at radius 1 is 1.12 bits per heavy atom. The average Bonchev–Trinajstić information content (AvgIpc) is 2.08. The van der Waals surface area contributed by atoms with Crippen molar-refractivity contribution < 1.29 is 9.53 Å². The van der Waals surface area contributed by atoms with E-state index in [9.17, 15) is 4.79 Å². The number of hydrogen-bond donors (Lipinski definition) is 2. The number of amides is 1. The van der Waals surface area contributed by atoms with Gasteiger partial charge in [-0.1, -0.05) is 12.8 Å². The van der Waals surface area contributed by atoms with E-state index < -0.39 is 5.60 Å². The van der Waals surface area contributed by atoms with Crippen LogP contribution in [-0.2, 0) is 4.74 Å². The molecule has 6 heteroatoms. The summed E-state index contributed by atoms with van der Waals surface area (Å²) < 4.78 is 5.10. The third-order valence-electron chi connectivity index (χ3n) is 1.80. The zero-order valence-corrected chi connectivity index (χ0v) is 12.6. The standard InChI is InChI=1S/C11H24N2O2.2ClH/c1-11(2,3)15-10(14)13-9-7-5-4-6-8-12;;/h4-9,12H2,1-3H3,(H,13,14);2*1H. The van der Waals surface area contributed by atoms with Gasteiger partial charge in [-0.3, -0.25) is 0 Å². The normalized spacial score (nSPS) is 9.88. The molecule has 0 aromatic heterocycles. The summed E-state index contributed by atoms with van der Waals surface area (Å²) in [6.45, 7) is 6.99. The maximum Gasteiger partial charge on any atom is 0.407 e. The number of halogens is 2. The van der Waals surface area contributed by atoms with Gasteiger partial charge in [-0.15, -0.1) is 24.8 Å². The predicted octanol–water partition coefficient (Wildman–Crippen LogP) is 2.87. The first-order chi connectivity index (χ1) is 6.95. The minimum absolute atomic E-state index is 0. The molecule has 0 rings (SSSR count). The molecule has 0 unspecified atom stereocenters. The second-order valence-corrected chi connectivity index (χ2v) is 4.63. The van der Waals surface area contributed by atoms with Gasteiger partial charge in [0, 0.05) is 6.54 Å². The van der Waals surface area contributed by atoms with Gasteiger partial charge in [0.1, 0.15) is 5.60 Å². The van der Waals surface area contributed by atoms with Crippen molar-refractivity contribution in [2.75, 3.05) is 13.1 Å². The molecule has 0 bridgehead atoms. The summed E-state index contributed by atoms with van der Waals surface area (Å²) in [4.78, 5) is 11.2. The molecule has 1 amide bonds. The van der Waals surface area contributed by atoms with Gasteiger partial charge in [0.25, 0.3) is 0 Å². The SMILES string of the molecule is CC(C)(C)OC(=O)NCCCCCCN.Cl.Cl. The van der Waals surface area contributed by atoms with Crippen molar-refractivity contribution in [2.45, 2.75) is 52.1 Å². The van der Waals surface area contributed by atoms with Crippen molar-refractivity contribution >= 4 is 30.9 Å². The Balaban J connectivity index is -0.000000980. The number of alkyl carbamates (subject to hydrolysis) is 1. The van der Waals surface area contributed by atoms with Crippen molar-refractivity contribution in [2.24, 2.45) is 5.73 Å². The van der Waals surface area contributed by atoms with Gasteiger partial charge in [0.2, 0.25) is 0 Å². The van der Waals surface area contributed by atoms with E-state index in [2.05, 4.69) is 5.32 Å². The van der Waals surface area contributed by atoms with E-state index in [0.29, 0.717) is 6.54 Å². The highest BCUT2D eigenvalue weighted by atomic mass is 35.5. The summed E-state index contributed by atoms with van der Waals surface area (Å²) in [7, 11) is 0. The summed E-state index contributed by atoms with van der Waals surface area (Å²) in [6.07, 6.45) is 3.95. The molecule has 0 fully saturated rings. The number of rotatable bonds is 6. The largest absolute Gasteiger partial charge is 0.444 e. The molecule has 0 saturated carbocycles. The van der Waals surface area contributed by atoms with Gasteiger partial charge in [-0.25, -0.2) is 4.79 Å². The minimum Gasteiger partial charge on any atom is -0.444 e. The first-order valence-corrected chi connectivity index (χ1v) is 5.62. The molecule has 0 aliphatic heterocycles. The third-order valence-corrected chi connectivity index (χ3v) is 1.80. The fourth-order valence-corrected chi connectivity index (χ4v) is 1.13. The van der Waals surface area contributed by atoms with Gasteiger partial charge < -0.3 is 15.8 Å². The van der Waals surface area contributed by atoms with E-state index in [4.69, 9.17) is 10.5 Å². The van der Waals surface area contributed by atoms with Crippen LogP contribution in [-0.4, -0.2) is 24.8 Å². The molecule has 0 spiro atoms. The molecule has 0 heterocycles. The Hall–Kier alpha value is -0.190. The fourth-order valence-electron chi connectivity index (χ4n) is 1.13. The van der Waals surface area contributed by atoms with Crippen LogP contribution in [0.3, 0.4) is 0 Å². The number of nitrogens with one attached hydrogen (secondary N) is 1. The van der Waals surface area contributed by atoms with E-state index in [-0.39, 0.29) is 30.9 Å². The lowest BCUT2D eigenvalue weighted by Crippen LogP contribution is -2.32. The highest BCUT2D eigenvalue weighted by molar-refractivity contribution is 5.85. The van der Waals surface area contributed by atoms with Crippen LogP contribution in [0.15, 0.2) is 0 Å². The predicted molar refractivity (Wildman–Crippen MR) is 76.3 cm³/mol. The lowest BCUT2D eigenvalue weighted by atomic mass is 10.2. The van der Waals surface area contributed by atoms with Crippen molar-refractivity contribution in [1.29, 1.82) is 0 Å². The van der Waals surface area contributed by atoms with E-state index in [1.807, 2.05) is 20.8 Å².